The van der Waals surface area contributed by atoms with E-state index in [0.29, 0.717) is 5.54 Å². The van der Waals surface area contributed by atoms with Gasteiger partial charge in [-0.2, -0.15) is 0 Å². The molecule has 1 atom stereocenters. The summed E-state index contributed by atoms with van der Waals surface area (Å²) in [6, 6.07) is 0. The van der Waals surface area contributed by atoms with Gasteiger partial charge in [-0.1, -0.05) is 0 Å². The van der Waals surface area contributed by atoms with E-state index in [-0.39, 0.29) is 0 Å². The highest BCUT2D eigenvalue weighted by Gasteiger charge is 2.33. The number of nitrogens with zero attached hydrogens (tertiary/aromatic N) is 1. The molecular weight excluding hydrogens is 200 g/mol. The molecule has 3 nitrogen and oxygen atoms in total. The Labute approximate surface area is 101 Å². The first kappa shape index (κ1) is 13.9. The maximum atomic E-state index is 5.12. The van der Waals surface area contributed by atoms with Crippen molar-refractivity contribution in [1.82, 2.24) is 10.2 Å². The lowest BCUT2D eigenvalue weighted by Gasteiger charge is -2.46. The molecule has 0 bridgehead atoms. The molecule has 16 heavy (non-hydrogen) atoms. The summed E-state index contributed by atoms with van der Waals surface area (Å²) in [5.41, 5.74) is 0.355. The van der Waals surface area contributed by atoms with Gasteiger partial charge in [0.2, 0.25) is 0 Å². The fraction of sp³-hybridized carbons (Fsp3) is 1.00. The van der Waals surface area contributed by atoms with Crippen LogP contribution >= 0.6 is 0 Å². The van der Waals surface area contributed by atoms with Gasteiger partial charge in [-0.3, -0.25) is 4.90 Å². The molecule has 0 radical (unpaired) electrons. The molecule has 3 heteroatoms. The first-order chi connectivity index (χ1) is 7.60. The third-order valence-electron chi connectivity index (χ3n) is 3.72. The summed E-state index contributed by atoms with van der Waals surface area (Å²) >= 11 is 0. The monoisotopic (exact) mass is 228 g/mol. The van der Waals surface area contributed by atoms with Gasteiger partial charge in [-0.05, 0) is 59.2 Å². The fourth-order valence-corrected chi connectivity index (χ4v) is 2.86. The minimum Gasteiger partial charge on any atom is -0.385 e. The number of nitrogens with one attached hydrogen (secondary N) is 1. The van der Waals surface area contributed by atoms with Crippen molar-refractivity contribution in [2.75, 3.05) is 40.4 Å². The Morgan fingerprint density at radius 2 is 2.19 bits per heavy atom. The summed E-state index contributed by atoms with van der Waals surface area (Å²) in [7, 11) is 3.84. The van der Waals surface area contributed by atoms with Gasteiger partial charge < -0.3 is 10.1 Å². The fourth-order valence-electron chi connectivity index (χ4n) is 2.86. The molecule has 0 aromatic carbocycles. The zero-order valence-corrected chi connectivity index (χ0v) is 11.4. The molecule has 1 fully saturated rings. The van der Waals surface area contributed by atoms with Gasteiger partial charge in [0.1, 0.15) is 0 Å². The molecule has 0 aromatic rings. The van der Waals surface area contributed by atoms with E-state index in [1.54, 1.807) is 7.11 Å². The van der Waals surface area contributed by atoms with Gasteiger partial charge in [0.05, 0.1) is 0 Å². The zero-order chi connectivity index (χ0) is 12.0. The Morgan fingerprint density at radius 1 is 1.44 bits per heavy atom. The Balaban J connectivity index is 2.37. The lowest BCUT2D eigenvalue weighted by atomic mass is 9.82. The molecule has 1 unspecified atom stereocenters. The van der Waals surface area contributed by atoms with Gasteiger partial charge >= 0.3 is 0 Å². The standard InChI is InChI=1S/C13H28N2O/c1-13(2)10-12(11-14-3)6-8-15(13)7-5-9-16-4/h12,14H,5-11H2,1-4H3. The minimum absolute atomic E-state index is 0.355. The molecule has 0 saturated carbocycles. The van der Waals surface area contributed by atoms with Crippen molar-refractivity contribution < 1.29 is 4.74 Å². The Bertz CT molecular complexity index is 194. The highest BCUT2D eigenvalue weighted by Crippen LogP contribution is 2.31. The van der Waals surface area contributed by atoms with Crippen LogP contribution in [-0.4, -0.2) is 50.8 Å². The number of hydrogen-bond donors (Lipinski definition) is 1. The summed E-state index contributed by atoms with van der Waals surface area (Å²) in [5, 5.41) is 3.30. The lowest BCUT2D eigenvalue weighted by Crippen LogP contribution is -2.51. The molecule has 1 saturated heterocycles. The highest BCUT2D eigenvalue weighted by atomic mass is 16.5. The molecule has 0 aliphatic carbocycles. The third-order valence-corrected chi connectivity index (χ3v) is 3.72. The number of ether oxygens (including phenoxy) is 1. The number of rotatable bonds is 6. The van der Waals surface area contributed by atoms with Crippen molar-refractivity contribution in [3.05, 3.63) is 0 Å². The van der Waals surface area contributed by atoms with Crippen molar-refractivity contribution in [2.45, 2.75) is 38.6 Å². The van der Waals surface area contributed by atoms with E-state index in [9.17, 15) is 0 Å². The average molecular weight is 228 g/mol. The van der Waals surface area contributed by atoms with Crippen LogP contribution in [0.5, 0.6) is 0 Å². The molecule has 1 heterocycles. The predicted molar refractivity (Wildman–Crippen MR) is 68.8 cm³/mol. The van der Waals surface area contributed by atoms with Crippen LogP contribution in [0.4, 0.5) is 0 Å². The second-order valence-electron chi connectivity index (χ2n) is 5.56. The second-order valence-corrected chi connectivity index (χ2v) is 5.56. The summed E-state index contributed by atoms with van der Waals surface area (Å²) in [6.07, 6.45) is 3.79. The van der Waals surface area contributed by atoms with Crippen LogP contribution in [-0.2, 0) is 4.74 Å². The first-order valence-corrected chi connectivity index (χ1v) is 6.48. The quantitative estimate of drug-likeness (QED) is 0.701. The van der Waals surface area contributed by atoms with Gasteiger partial charge in [0.25, 0.3) is 0 Å². The smallest absolute Gasteiger partial charge is 0.0474 e. The number of piperidine rings is 1. The van der Waals surface area contributed by atoms with E-state index < -0.39 is 0 Å². The van der Waals surface area contributed by atoms with Crippen molar-refractivity contribution in [3.8, 4) is 0 Å². The molecular formula is C13H28N2O. The Morgan fingerprint density at radius 3 is 2.75 bits per heavy atom. The molecule has 1 aliphatic rings. The topological polar surface area (TPSA) is 24.5 Å². The van der Waals surface area contributed by atoms with Gasteiger partial charge in [-0.15, -0.1) is 0 Å². The van der Waals surface area contributed by atoms with Crippen molar-refractivity contribution in [1.29, 1.82) is 0 Å². The van der Waals surface area contributed by atoms with Crippen molar-refractivity contribution in [2.24, 2.45) is 5.92 Å². The number of likely N-dealkylation sites (tertiary alicyclic amines) is 1. The number of methoxy groups -OCH3 is 1. The summed E-state index contributed by atoms with van der Waals surface area (Å²) in [6.45, 7) is 9.21. The summed E-state index contributed by atoms with van der Waals surface area (Å²) in [4.78, 5) is 2.62. The van der Waals surface area contributed by atoms with E-state index in [1.165, 1.54) is 25.9 Å². The Kier molecular flexibility index (Phi) is 5.73. The largest absolute Gasteiger partial charge is 0.385 e. The van der Waals surface area contributed by atoms with Gasteiger partial charge in [0.15, 0.2) is 0 Å². The van der Waals surface area contributed by atoms with Crippen molar-refractivity contribution in [3.63, 3.8) is 0 Å². The maximum absolute atomic E-state index is 5.12. The van der Waals surface area contributed by atoms with Gasteiger partial charge in [-0.25, -0.2) is 0 Å². The van der Waals surface area contributed by atoms with E-state index >= 15 is 0 Å². The van der Waals surface area contributed by atoms with E-state index in [1.807, 2.05) is 0 Å². The van der Waals surface area contributed by atoms with Crippen LogP contribution in [0.1, 0.15) is 33.1 Å². The highest BCUT2D eigenvalue weighted by molar-refractivity contribution is 4.89. The van der Waals surface area contributed by atoms with Gasteiger partial charge in [0, 0.05) is 25.8 Å². The van der Waals surface area contributed by atoms with Crippen LogP contribution in [0.3, 0.4) is 0 Å². The van der Waals surface area contributed by atoms with Crippen LogP contribution in [0.15, 0.2) is 0 Å². The second kappa shape index (κ2) is 6.58. The molecule has 1 N–H and O–H groups in total. The van der Waals surface area contributed by atoms with Crippen LogP contribution in [0, 0.1) is 5.92 Å². The van der Waals surface area contributed by atoms with E-state index in [4.69, 9.17) is 4.74 Å². The minimum atomic E-state index is 0.355. The van der Waals surface area contributed by atoms with E-state index in [0.717, 1.165) is 25.5 Å². The van der Waals surface area contributed by atoms with Crippen molar-refractivity contribution >= 4 is 0 Å². The summed E-state index contributed by atoms with van der Waals surface area (Å²) < 4.78 is 5.12. The SMILES string of the molecule is CNCC1CCN(CCCOC)C(C)(C)C1. The normalized spacial score (nSPS) is 25.9. The molecule has 96 valence electrons. The molecule has 1 aliphatic heterocycles. The maximum Gasteiger partial charge on any atom is 0.0474 e. The number of hydrogen-bond acceptors (Lipinski definition) is 3. The molecule has 0 spiro atoms. The zero-order valence-electron chi connectivity index (χ0n) is 11.4. The van der Waals surface area contributed by atoms with Crippen LogP contribution < -0.4 is 5.32 Å². The van der Waals surface area contributed by atoms with E-state index in [2.05, 4.69) is 31.1 Å². The van der Waals surface area contributed by atoms with Crippen LogP contribution in [0.2, 0.25) is 0 Å². The molecule has 1 rings (SSSR count). The average Bonchev–Trinajstić information content (AvgIpc) is 2.21. The lowest BCUT2D eigenvalue weighted by molar-refractivity contribution is 0.0395. The molecule has 0 amide bonds. The third kappa shape index (κ3) is 4.04. The van der Waals surface area contributed by atoms with Crippen LogP contribution in [0.25, 0.3) is 0 Å². The Hall–Kier alpha value is -0.120. The first-order valence-electron chi connectivity index (χ1n) is 6.48. The molecule has 0 aromatic heterocycles. The predicted octanol–water partition coefficient (Wildman–Crippen LogP) is 1.73. The summed E-state index contributed by atoms with van der Waals surface area (Å²) in [5.74, 6) is 0.846.